The summed E-state index contributed by atoms with van der Waals surface area (Å²) >= 11 is 0. The Morgan fingerprint density at radius 3 is 2.88 bits per heavy atom. The van der Waals surface area contributed by atoms with Crippen LogP contribution in [-0.2, 0) is 4.74 Å². The second-order valence-corrected chi connectivity index (χ2v) is 5.56. The summed E-state index contributed by atoms with van der Waals surface area (Å²) in [5, 5.41) is 5.95. The number of fused-ring (bicyclic) bond motifs is 1. The molecular formula is C18H21N3O4. The molecule has 2 heterocycles. The summed E-state index contributed by atoms with van der Waals surface area (Å²) < 4.78 is 16.4. The molecule has 3 rings (SSSR count). The molecule has 0 bridgehead atoms. The van der Waals surface area contributed by atoms with Gasteiger partial charge in [0.1, 0.15) is 18.5 Å². The van der Waals surface area contributed by atoms with Gasteiger partial charge in [0, 0.05) is 19.9 Å². The first-order valence-electron chi connectivity index (χ1n) is 8.12. The normalized spacial score (nSPS) is 15.5. The van der Waals surface area contributed by atoms with Gasteiger partial charge >= 0.3 is 0 Å². The van der Waals surface area contributed by atoms with Crippen LogP contribution in [0, 0.1) is 0 Å². The van der Waals surface area contributed by atoms with Crippen molar-refractivity contribution in [2.45, 2.75) is 6.10 Å². The van der Waals surface area contributed by atoms with Gasteiger partial charge in [-0.3, -0.25) is 4.79 Å². The van der Waals surface area contributed by atoms with Crippen LogP contribution in [0.3, 0.4) is 0 Å². The smallest absolute Gasteiger partial charge is 0.252 e. The lowest BCUT2D eigenvalue weighted by molar-refractivity contribution is 0.0936. The van der Waals surface area contributed by atoms with Crippen molar-refractivity contribution in [2.24, 2.45) is 0 Å². The first kappa shape index (κ1) is 17.0. The number of methoxy groups -OCH3 is 1. The molecular weight excluding hydrogens is 322 g/mol. The van der Waals surface area contributed by atoms with Crippen molar-refractivity contribution in [1.29, 1.82) is 0 Å². The Bertz CT molecular complexity index is 706. The number of ether oxygens (including phenoxy) is 3. The average molecular weight is 343 g/mol. The number of carbonyl (C=O) groups is 1. The van der Waals surface area contributed by atoms with E-state index in [1.54, 1.807) is 19.2 Å². The van der Waals surface area contributed by atoms with E-state index in [-0.39, 0.29) is 12.0 Å². The molecule has 7 heteroatoms. The van der Waals surface area contributed by atoms with E-state index in [1.165, 1.54) is 6.20 Å². The first-order chi connectivity index (χ1) is 12.3. The third kappa shape index (κ3) is 4.60. The standard InChI is InChI=1S/C18H21N3O4/c1-23-9-8-19-18(22)13-6-7-17(20-10-13)21-11-14-12-24-15-4-2-3-5-16(15)25-14/h2-7,10,14H,8-9,11-12H2,1H3,(H,19,22)(H,20,21)/t14-/m1/s1. The maximum absolute atomic E-state index is 11.9. The first-order valence-corrected chi connectivity index (χ1v) is 8.12. The second kappa shape index (κ2) is 8.34. The Labute approximate surface area is 146 Å². The van der Waals surface area contributed by atoms with Crippen LogP contribution in [0.1, 0.15) is 10.4 Å². The molecule has 0 fully saturated rings. The Balaban J connectivity index is 1.48. The van der Waals surface area contributed by atoms with Crippen molar-refractivity contribution in [3.63, 3.8) is 0 Å². The number of benzene rings is 1. The molecule has 0 unspecified atom stereocenters. The zero-order valence-electron chi connectivity index (χ0n) is 14.0. The number of anilines is 1. The summed E-state index contributed by atoms with van der Waals surface area (Å²) in [5.41, 5.74) is 0.507. The topological polar surface area (TPSA) is 81.7 Å². The van der Waals surface area contributed by atoms with Crippen LogP contribution in [0.25, 0.3) is 0 Å². The minimum atomic E-state index is -0.170. The summed E-state index contributed by atoms with van der Waals surface area (Å²) in [5.74, 6) is 2.02. The maximum Gasteiger partial charge on any atom is 0.252 e. The molecule has 132 valence electrons. The van der Waals surface area contributed by atoms with E-state index < -0.39 is 0 Å². The number of para-hydroxylation sites is 2. The molecule has 25 heavy (non-hydrogen) atoms. The molecule has 0 saturated carbocycles. The Hall–Kier alpha value is -2.80. The van der Waals surface area contributed by atoms with E-state index in [9.17, 15) is 4.79 Å². The van der Waals surface area contributed by atoms with E-state index >= 15 is 0 Å². The van der Waals surface area contributed by atoms with Crippen LogP contribution in [0.15, 0.2) is 42.6 Å². The predicted octanol–water partition coefficient (Wildman–Crippen LogP) is 1.71. The average Bonchev–Trinajstić information content (AvgIpc) is 2.66. The fourth-order valence-electron chi connectivity index (χ4n) is 2.38. The largest absolute Gasteiger partial charge is 0.486 e. The predicted molar refractivity (Wildman–Crippen MR) is 93.3 cm³/mol. The highest BCUT2D eigenvalue weighted by Gasteiger charge is 2.20. The Kier molecular flexibility index (Phi) is 5.69. The number of aromatic nitrogens is 1. The van der Waals surface area contributed by atoms with Gasteiger partial charge in [0.25, 0.3) is 5.91 Å². The van der Waals surface area contributed by atoms with E-state index in [0.29, 0.717) is 37.7 Å². The lowest BCUT2D eigenvalue weighted by atomic mass is 10.2. The number of nitrogens with one attached hydrogen (secondary N) is 2. The molecule has 0 radical (unpaired) electrons. The molecule has 7 nitrogen and oxygen atoms in total. The number of rotatable bonds is 7. The fraction of sp³-hybridized carbons (Fsp3) is 0.333. The monoisotopic (exact) mass is 343 g/mol. The molecule has 1 atom stereocenters. The van der Waals surface area contributed by atoms with Gasteiger partial charge in [0.05, 0.1) is 18.7 Å². The Morgan fingerprint density at radius 1 is 1.28 bits per heavy atom. The van der Waals surface area contributed by atoms with E-state index in [1.807, 2.05) is 24.3 Å². The second-order valence-electron chi connectivity index (χ2n) is 5.56. The minimum absolute atomic E-state index is 0.103. The van der Waals surface area contributed by atoms with Crippen molar-refractivity contribution in [3.05, 3.63) is 48.2 Å². The van der Waals surface area contributed by atoms with Crippen molar-refractivity contribution >= 4 is 11.7 Å². The van der Waals surface area contributed by atoms with Crippen molar-refractivity contribution in [3.8, 4) is 11.5 Å². The number of amides is 1. The van der Waals surface area contributed by atoms with Crippen LogP contribution in [0.4, 0.5) is 5.82 Å². The summed E-state index contributed by atoms with van der Waals surface area (Å²) in [6.45, 7) is 1.98. The fourth-order valence-corrected chi connectivity index (χ4v) is 2.38. The highest BCUT2D eigenvalue weighted by Crippen LogP contribution is 2.30. The van der Waals surface area contributed by atoms with Gasteiger partial charge in [-0.2, -0.15) is 0 Å². The zero-order valence-corrected chi connectivity index (χ0v) is 14.0. The number of hydrogen-bond donors (Lipinski definition) is 2. The van der Waals surface area contributed by atoms with Gasteiger partial charge in [-0.1, -0.05) is 12.1 Å². The summed E-state index contributed by atoms with van der Waals surface area (Å²) in [6.07, 6.45) is 1.44. The number of hydrogen-bond acceptors (Lipinski definition) is 6. The van der Waals surface area contributed by atoms with Crippen LogP contribution >= 0.6 is 0 Å². The number of carbonyl (C=O) groups excluding carboxylic acids is 1. The van der Waals surface area contributed by atoms with Gasteiger partial charge in [-0.05, 0) is 24.3 Å². The van der Waals surface area contributed by atoms with Crippen LogP contribution in [0.2, 0.25) is 0 Å². The number of nitrogens with zero attached hydrogens (tertiary/aromatic N) is 1. The van der Waals surface area contributed by atoms with Crippen molar-refractivity contribution in [1.82, 2.24) is 10.3 Å². The Morgan fingerprint density at radius 2 is 2.12 bits per heavy atom. The third-order valence-electron chi connectivity index (χ3n) is 3.70. The maximum atomic E-state index is 11.9. The molecule has 1 aromatic heterocycles. The highest BCUT2D eigenvalue weighted by molar-refractivity contribution is 5.94. The van der Waals surface area contributed by atoms with Gasteiger partial charge in [0.15, 0.2) is 11.5 Å². The summed E-state index contributed by atoms with van der Waals surface area (Å²) in [6, 6.07) is 11.1. The highest BCUT2D eigenvalue weighted by atomic mass is 16.6. The van der Waals surface area contributed by atoms with Crippen LogP contribution in [-0.4, -0.2) is 50.4 Å². The summed E-state index contributed by atoms with van der Waals surface area (Å²) in [4.78, 5) is 16.1. The van der Waals surface area contributed by atoms with Crippen LogP contribution < -0.4 is 20.1 Å². The van der Waals surface area contributed by atoms with Gasteiger partial charge in [-0.15, -0.1) is 0 Å². The van der Waals surface area contributed by atoms with E-state index in [0.717, 1.165) is 11.5 Å². The van der Waals surface area contributed by atoms with E-state index in [4.69, 9.17) is 14.2 Å². The molecule has 1 aliphatic heterocycles. The SMILES string of the molecule is COCCNC(=O)c1ccc(NC[C@@H]2COc3ccccc3O2)nc1. The molecule has 1 aliphatic rings. The molecule has 2 N–H and O–H groups in total. The molecule has 0 saturated heterocycles. The van der Waals surface area contributed by atoms with E-state index in [2.05, 4.69) is 15.6 Å². The lowest BCUT2D eigenvalue weighted by Gasteiger charge is -2.26. The number of pyridine rings is 1. The van der Waals surface area contributed by atoms with Crippen LogP contribution in [0.5, 0.6) is 11.5 Å². The molecule has 1 amide bonds. The molecule has 1 aromatic carbocycles. The summed E-state index contributed by atoms with van der Waals surface area (Å²) in [7, 11) is 1.59. The van der Waals surface area contributed by atoms with Crippen molar-refractivity contribution in [2.75, 3.05) is 38.7 Å². The van der Waals surface area contributed by atoms with Crippen molar-refractivity contribution < 1.29 is 19.0 Å². The van der Waals surface area contributed by atoms with Gasteiger partial charge < -0.3 is 24.8 Å². The van der Waals surface area contributed by atoms with Gasteiger partial charge in [0.2, 0.25) is 0 Å². The molecule has 2 aromatic rings. The third-order valence-corrected chi connectivity index (χ3v) is 3.70. The minimum Gasteiger partial charge on any atom is -0.486 e. The lowest BCUT2D eigenvalue weighted by Crippen LogP contribution is -2.35. The quantitative estimate of drug-likeness (QED) is 0.745. The molecule has 0 aliphatic carbocycles. The molecule has 0 spiro atoms. The van der Waals surface area contributed by atoms with Gasteiger partial charge in [-0.25, -0.2) is 4.98 Å². The zero-order chi connectivity index (χ0) is 17.5.